The molecule has 2 aliphatic rings. The van der Waals surface area contributed by atoms with Crippen LogP contribution in [0.4, 0.5) is 10.1 Å². The minimum Gasteiger partial charge on any atom is -0.478 e. The highest BCUT2D eigenvalue weighted by Crippen LogP contribution is 2.47. The van der Waals surface area contributed by atoms with E-state index in [2.05, 4.69) is 5.32 Å². The molecular weight excluding hydrogens is 275 g/mol. The number of nitrogens with two attached hydrogens (primary N) is 1. The third-order valence-electron chi connectivity index (χ3n) is 4.76. The van der Waals surface area contributed by atoms with Gasteiger partial charge in [-0.25, -0.2) is 9.18 Å². The molecule has 4 N–H and O–H groups in total. The van der Waals surface area contributed by atoms with Gasteiger partial charge in [0.05, 0.1) is 17.2 Å². The molecule has 0 heterocycles. The maximum atomic E-state index is 13.8. The summed E-state index contributed by atoms with van der Waals surface area (Å²) in [4.78, 5) is 23.1. The Labute approximate surface area is 121 Å². The number of fused-ring (bicyclic) bond motifs is 2. The molecule has 3 rings (SSSR count). The zero-order chi connectivity index (χ0) is 15.1. The van der Waals surface area contributed by atoms with Gasteiger partial charge in [0.25, 0.3) is 0 Å². The van der Waals surface area contributed by atoms with Gasteiger partial charge in [0, 0.05) is 6.04 Å². The van der Waals surface area contributed by atoms with Gasteiger partial charge in [-0.15, -0.1) is 0 Å². The number of carboxylic acid groups (broad SMARTS) is 1. The number of rotatable bonds is 3. The van der Waals surface area contributed by atoms with Crippen LogP contribution in [-0.4, -0.2) is 23.0 Å². The topological polar surface area (TPSA) is 92.4 Å². The predicted octanol–water partition coefficient (Wildman–Crippen LogP) is 1.84. The van der Waals surface area contributed by atoms with E-state index in [4.69, 9.17) is 10.8 Å². The zero-order valence-electron chi connectivity index (χ0n) is 11.4. The van der Waals surface area contributed by atoms with E-state index in [0.717, 1.165) is 25.3 Å². The standard InChI is InChI=1S/C15H17FN2O3/c16-10-6-9(15(20)21)3-4-11(10)18-14(19)12-7-1-2-8(5-7)13(12)17/h3-4,6-8,12-13H,1-2,5,17H2,(H,18,19)(H,20,21). The molecule has 0 radical (unpaired) electrons. The van der Waals surface area contributed by atoms with Crippen LogP contribution in [0.2, 0.25) is 0 Å². The third-order valence-corrected chi connectivity index (χ3v) is 4.76. The Morgan fingerprint density at radius 1 is 1.29 bits per heavy atom. The van der Waals surface area contributed by atoms with E-state index in [9.17, 15) is 14.0 Å². The van der Waals surface area contributed by atoms with E-state index in [1.54, 1.807) is 0 Å². The molecule has 2 fully saturated rings. The number of carbonyl (C=O) groups excluding carboxylic acids is 1. The van der Waals surface area contributed by atoms with Crippen LogP contribution in [0, 0.1) is 23.6 Å². The molecule has 21 heavy (non-hydrogen) atoms. The van der Waals surface area contributed by atoms with Gasteiger partial charge < -0.3 is 16.2 Å². The first kappa shape index (κ1) is 14.0. The van der Waals surface area contributed by atoms with Crippen molar-refractivity contribution < 1.29 is 19.1 Å². The molecule has 4 atom stereocenters. The molecule has 1 aromatic rings. The molecule has 2 bridgehead atoms. The van der Waals surface area contributed by atoms with Crippen molar-refractivity contribution in [3.8, 4) is 0 Å². The summed E-state index contributed by atoms with van der Waals surface area (Å²) in [7, 11) is 0. The molecule has 4 unspecified atom stereocenters. The Hall–Kier alpha value is -1.95. The van der Waals surface area contributed by atoms with Gasteiger partial charge in [-0.1, -0.05) is 0 Å². The van der Waals surface area contributed by atoms with Gasteiger partial charge in [-0.3, -0.25) is 4.79 Å². The predicted molar refractivity (Wildman–Crippen MR) is 74.3 cm³/mol. The second-order valence-electron chi connectivity index (χ2n) is 5.93. The minimum atomic E-state index is -1.21. The van der Waals surface area contributed by atoms with Crippen molar-refractivity contribution >= 4 is 17.6 Å². The Bertz CT molecular complexity index is 603. The lowest BCUT2D eigenvalue weighted by molar-refractivity contribution is -0.121. The van der Waals surface area contributed by atoms with Gasteiger partial charge in [0.1, 0.15) is 5.82 Å². The highest BCUT2D eigenvalue weighted by atomic mass is 19.1. The molecule has 2 aliphatic carbocycles. The Morgan fingerprint density at radius 3 is 2.57 bits per heavy atom. The van der Waals surface area contributed by atoms with Gasteiger partial charge >= 0.3 is 5.97 Å². The molecule has 1 amide bonds. The van der Waals surface area contributed by atoms with Crippen LogP contribution in [0.3, 0.4) is 0 Å². The summed E-state index contributed by atoms with van der Waals surface area (Å²) in [5, 5.41) is 11.3. The average molecular weight is 292 g/mol. The average Bonchev–Trinajstić information content (AvgIpc) is 3.01. The fraction of sp³-hybridized carbons (Fsp3) is 0.467. The monoisotopic (exact) mass is 292 g/mol. The van der Waals surface area contributed by atoms with E-state index < -0.39 is 11.8 Å². The highest BCUT2D eigenvalue weighted by Gasteiger charge is 2.49. The summed E-state index contributed by atoms with van der Waals surface area (Å²) in [5.74, 6) is -1.82. The lowest BCUT2D eigenvalue weighted by atomic mass is 9.84. The highest BCUT2D eigenvalue weighted by molar-refractivity contribution is 5.94. The first-order chi connectivity index (χ1) is 9.97. The van der Waals surface area contributed by atoms with E-state index in [-0.39, 0.29) is 35.0 Å². The number of aromatic carboxylic acids is 1. The molecule has 2 saturated carbocycles. The van der Waals surface area contributed by atoms with Crippen molar-refractivity contribution in [3.63, 3.8) is 0 Å². The number of hydrogen-bond donors (Lipinski definition) is 3. The second-order valence-corrected chi connectivity index (χ2v) is 5.93. The van der Waals surface area contributed by atoms with Gasteiger partial charge in [-0.05, 0) is 49.3 Å². The molecule has 0 saturated heterocycles. The van der Waals surface area contributed by atoms with Crippen LogP contribution >= 0.6 is 0 Å². The van der Waals surface area contributed by atoms with Crippen molar-refractivity contribution in [2.75, 3.05) is 5.32 Å². The lowest BCUT2D eigenvalue weighted by Gasteiger charge is -2.27. The van der Waals surface area contributed by atoms with Gasteiger partial charge in [0.15, 0.2) is 0 Å². The van der Waals surface area contributed by atoms with Crippen LogP contribution in [0.5, 0.6) is 0 Å². The lowest BCUT2D eigenvalue weighted by Crippen LogP contribution is -2.42. The Morgan fingerprint density at radius 2 is 2.00 bits per heavy atom. The largest absolute Gasteiger partial charge is 0.478 e. The van der Waals surface area contributed by atoms with Crippen LogP contribution in [0.15, 0.2) is 18.2 Å². The number of halogens is 1. The Balaban J connectivity index is 1.75. The minimum absolute atomic E-state index is 0.0000246. The van der Waals surface area contributed by atoms with E-state index >= 15 is 0 Å². The number of carbonyl (C=O) groups is 2. The van der Waals surface area contributed by atoms with E-state index in [1.807, 2.05) is 0 Å². The first-order valence-electron chi connectivity index (χ1n) is 7.06. The van der Waals surface area contributed by atoms with Crippen molar-refractivity contribution in [1.29, 1.82) is 0 Å². The van der Waals surface area contributed by atoms with Crippen molar-refractivity contribution in [2.24, 2.45) is 23.5 Å². The Kier molecular flexibility index (Phi) is 3.41. The number of hydrogen-bond acceptors (Lipinski definition) is 3. The van der Waals surface area contributed by atoms with E-state index in [1.165, 1.54) is 12.1 Å². The summed E-state index contributed by atoms with van der Waals surface area (Å²) in [6.45, 7) is 0. The summed E-state index contributed by atoms with van der Waals surface area (Å²) in [6.07, 6.45) is 3.04. The van der Waals surface area contributed by atoms with Gasteiger partial charge in [0.2, 0.25) is 5.91 Å². The molecule has 0 aromatic heterocycles. The van der Waals surface area contributed by atoms with Crippen LogP contribution in [0.25, 0.3) is 0 Å². The fourth-order valence-corrected chi connectivity index (χ4v) is 3.69. The maximum absolute atomic E-state index is 13.8. The van der Waals surface area contributed by atoms with Crippen molar-refractivity contribution in [1.82, 2.24) is 0 Å². The SMILES string of the molecule is NC1C2CCC(C2)C1C(=O)Nc1ccc(C(=O)O)cc1F. The molecular formula is C15H17FN2O3. The van der Waals surface area contributed by atoms with Crippen molar-refractivity contribution in [3.05, 3.63) is 29.6 Å². The number of amides is 1. The maximum Gasteiger partial charge on any atom is 0.335 e. The van der Waals surface area contributed by atoms with Crippen LogP contribution in [-0.2, 0) is 4.79 Å². The van der Waals surface area contributed by atoms with Crippen LogP contribution in [0.1, 0.15) is 29.6 Å². The number of benzene rings is 1. The summed E-state index contributed by atoms with van der Waals surface area (Å²) in [5.41, 5.74) is 5.94. The zero-order valence-corrected chi connectivity index (χ0v) is 11.4. The first-order valence-corrected chi connectivity index (χ1v) is 7.06. The molecule has 6 heteroatoms. The van der Waals surface area contributed by atoms with Gasteiger partial charge in [-0.2, -0.15) is 0 Å². The summed E-state index contributed by atoms with van der Waals surface area (Å²) in [6, 6.07) is 3.28. The van der Waals surface area contributed by atoms with Crippen LogP contribution < -0.4 is 11.1 Å². The van der Waals surface area contributed by atoms with Crippen molar-refractivity contribution in [2.45, 2.75) is 25.3 Å². The number of carboxylic acids is 1. The fourth-order valence-electron chi connectivity index (χ4n) is 3.69. The number of nitrogens with one attached hydrogen (secondary N) is 1. The van der Waals surface area contributed by atoms with E-state index in [0.29, 0.717) is 5.92 Å². The molecule has 0 aliphatic heterocycles. The smallest absolute Gasteiger partial charge is 0.335 e. The molecule has 0 spiro atoms. The quantitative estimate of drug-likeness (QED) is 0.792. The molecule has 5 nitrogen and oxygen atoms in total. The molecule has 1 aromatic carbocycles. The summed E-state index contributed by atoms with van der Waals surface area (Å²) >= 11 is 0. The summed E-state index contributed by atoms with van der Waals surface area (Å²) < 4.78 is 13.8. The third kappa shape index (κ3) is 2.40. The normalized spacial score (nSPS) is 30.4. The number of anilines is 1. The molecule has 112 valence electrons. The second kappa shape index (κ2) is 5.11.